The average molecular weight is 629 g/mol. The van der Waals surface area contributed by atoms with Gasteiger partial charge >= 0.3 is 0 Å². The second-order valence-corrected chi connectivity index (χ2v) is 11.7. The molecule has 4 N–H and O–H groups in total. The van der Waals surface area contributed by atoms with Gasteiger partial charge in [0, 0.05) is 76.2 Å². The molecule has 2 fully saturated rings. The third-order valence-electron chi connectivity index (χ3n) is 7.94. The third kappa shape index (κ3) is 7.92. The first-order valence-electron chi connectivity index (χ1n) is 14.2. The molecule has 2 saturated heterocycles. The number of para-hydroxylation sites is 1. The Morgan fingerprint density at radius 2 is 1.81 bits per heavy atom. The Bertz CT molecular complexity index is 1450. The molecule has 0 aliphatic carbocycles. The standard InChI is InChI=1S/C29H37ClN8O4S/c1-20(39)36-11-9-22(10-12-36)37-13-15-38(16-14-37)23-7-8-26(27(17-23)42-2)34-29-31-19-24(30)28(35-29)33-25-6-4-3-5-21(25)18-32-43(40)41/h3-8,17,19,22,32H,9-16,18H2,1-2H3,(H,40,41)(H2,31,33,34,35). The SMILES string of the molecule is COc1cc(N2CCN(C3CCN(C(C)=O)CC3)CC2)ccc1Nc1ncc(Cl)c(Nc2ccccc2CNS(=O)O)n1. The quantitative estimate of drug-likeness (QED) is 0.244. The lowest BCUT2D eigenvalue weighted by atomic mass is 10.0. The van der Waals surface area contributed by atoms with Crippen LogP contribution in [0.2, 0.25) is 5.02 Å². The van der Waals surface area contributed by atoms with Crippen LogP contribution in [0.3, 0.4) is 0 Å². The zero-order chi connectivity index (χ0) is 30.3. The third-order valence-corrected chi connectivity index (χ3v) is 8.61. The number of piperazine rings is 1. The molecular formula is C29H37ClN8O4S. The van der Waals surface area contributed by atoms with Gasteiger partial charge in [0.25, 0.3) is 0 Å². The highest BCUT2D eigenvalue weighted by molar-refractivity contribution is 7.77. The Labute approximate surface area is 259 Å². The summed E-state index contributed by atoms with van der Waals surface area (Å²) in [5, 5.41) is 6.76. The molecule has 12 nitrogen and oxygen atoms in total. The van der Waals surface area contributed by atoms with Crippen LogP contribution in [0.5, 0.6) is 5.75 Å². The van der Waals surface area contributed by atoms with E-state index in [2.05, 4.69) is 41.2 Å². The van der Waals surface area contributed by atoms with Gasteiger partial charge in [0.05, 0.1) is 19.0 Å². The number of piperidine rings is 1. The van der Waals surface area contributed by atoms with Gasteiger partial charge in [0.15, 0.2) is 5.82 Å². The van der Waals surface area contributed by atoms with Crippen LogP contribution < -0.4 is 25.0 Å². The van der Waals surface area contributed by atoms with Crippen LogP contribution in [-0.2, 0) is 22.6 Å². The molecular weight excluding hydrogens is 592 g/mol. The summed E-state index contributed by atoms with van der Waals surface area (Å²) in [7, 11) is 1.63. The maximum Gasteiger partial charge on any atom is 0.232 e. The van der Waals surface area contributed by atoms with E-state index in [1.807, 2.05) is 41.3 Å². The summed E-state index contributed by atoms with van der Waals surface area (Å²) >= 11 is 4.27. The number of ether oxygens (including phenoxy) is 1. The molecule has 0 radical (unpaired) electrons. The van der Waals surface area contributed by atoms with E-state index >= 15 is 0 Å². The van der Waals surface area contributed by atoms with E-state index < -0.39 is 11.3 Å². The molecule has 3 heterocycles. The van der Waals surface area contributed by atoms with Crippen molar-refractivity contribution in [2.45, 2.75) is 32.4 Å². The molecule has 230 valence electrons. The van der Waals surface area contributed by atoms with Crippen LogP contribution in [-0.4, -0.2) is 86.9 Å². The van der Waals surface area contributed by atoms with E-state index in [4.69, 9.17) is 20.9 Å². The summed E-state index contributed by atoms with van der Waals surface area (Å²) in [6.45, 7) is 7.33. The molecule has 14 heteroatoms. The number of amides is 1. The molecule has 1 aromatic heterocycles. The van der Waals surface area contributed by atoms with Gasteiger partial charge in [-0.1, -0.05) is 29.8 Å². The number of rotatable bonds is 10. The number of carbonyl (C=O) groups excluding carboxylic acids is 1. The van der Waals surface area contributed by atoms with Gasteiger partial charge in [-0.15, -0.1) is 0 Å². The van der Waals surface area contributed by atoms with Crippen molar-refractivity contribution < 1.29 is 18.3 Å². The number of nitrogens with zero attached hydrogens (tertiary/aromatic N) is 5. The fraction of sp³-hybridized carbons (Fsp3) is 0.414. The molecule has 0 bridgehead atoms. The van der Waals surface area contributed by atoms with Crippen LogP contribution in [0.1, 0.15) is 25.3 Å². The predicted molar refractivity (Wildman–Crippen MR) is 170 cm³/mol. The zero-order valence-corrected chi connectivity index (χ0v) is 25.8. The highest BCUT2D eigenvalue weighted by Crippen LogP contribution is 2.33. The van der Waals surface area contributed by atoms with Crippen molar-refractivity contribution >= 4 is 57.6 Å². The summed E-state index contributed by atoms with van der Waals surface area (Å²) in [6.07, 6.45) is 3.58. The lowest BCUT2D eigenvalue weighted by Crippen LogP contribution is -2.53. The predicted octanol–water partition coefficient (Wildman–Crippen LogP) is 3.99. The summed E-state index contributed by atoms with van der Waals surface area (Å²) in [5.74, 6) is 1.55. The molecule has 2 aromatic carbocycles. The Hall–Kier alpha value is -3.49. The summed E-state index contributed by atoms with van der Waals surface area (Å²) in [4.78, 5) is 27.4. The monoisotopic (exact) mass is 628 g/mol. The van der Waals surface area contributed by atoms with E-state index in [1.165, 1.54) is 6.20 Å². The van der Waals surface area contributed by atoms with E-state index in [1.54, 1.807) is 14.0 Å². The number of hydrogen-bond donors (Lipinski definition) is 4. The first-order valence-corrected chi connectivity index (χ1v) is 15.7. The number of likely N-dealkylation sites (tertiary alicyclic amines) is 1. The molecule has 43 heavy (non-hydrogen) atoms. The van der Waals surface area contributed by atoms with Gasteiger partial charge in [0.2, 0.25) is 23.1 Å². The maximum atomic E-state index is 11.7. The second kappa shape index (κ2) is 14.3. The average Bonchev–Trinajstić information content (AvgIpc) is 3.02. The van der Waals surface area contributed by atoms with E-state index in [9.17, 15) is 9.00 Å². The largest absolute Gasteiger partial charge is 0.494 e. The minimum Gasteiger partial charge on any atom is -0.494 e. The highest BCUT2D eigenvalue weighted by Gasteiger charge is 2.28. The van der Waals surface area contributed by atoms with E-state index in [0.717, 1.165) is 63.4 Å². The Morgan fingerprint density at radius 3 is 2.51 bits per heavy atom. The Balaban J connectivity index is 1.22. The first kappa shape index (κ1) is 31.0. The van der Waals surface area contributed by atoms with Gasteiger partial charge in [-0.05, 0) is 36.6 Å². The molecule has 1 atom stereocenters. The van der Waals surface area contributed by atoms with Crippen LogP contribution in [0.4, 0.5) is 28.8 Å². The van der Waals surface area contributed by atoms with Crippen molar-refractivity contribution in [3.63, 3.8) is 0 Å². The minimum atomic E-state index is -2.13. The molecule has 2 aliphatic rings. The minimum absolute atomic E-state index is 0.171. The van der Waals surface area contributed by atoms with Gasteiger partial charge in [0.1, 0.15) is 10.8 Å². The zero-order valence-electron chi connectivity index (χ0n) is 24.3. The molecule has 0 spiro atoms. The van der Waals surface area contributed by atoms with Crippen molar-refractivity contribution in [3.05, 3.63) is 59.2 Å². The smallest absolute Gasteiger partial charge is 0.232 e. The lowest BCUT2D eigenvalue weighted by molar-refractivity contribution is -0.130. The lowest BCUT2D eigenvalue weighted by Gasteiger charge is -2.43. The van der Waals surface area contributed by atoms with Crippen LogP contribution in [0.25, 0.3) is 0 Å². The van der Waals surface area contributed by atoms with Gasteiger partial charge in [-0.3, -0.25) is 14.2 Å². The molecule has 2 aliphatic heterocycles. The van der Waals surface area contributed by atoms with Crippen molar-refractivity contribution in [2.24, 2.45) is 0 Å². The van der Waals surface area contributed by atoms with Crippen LogP contribution >= 0.6 is 11.6 Å². The van der Waals surface area contributed by atoms with Crippen molar-refractivity contribution in [3.8, 4) is 5.75 Å². The highest BCUT2D eigenvalue weighted by atomic mass is 35.5. The van der Waals surface area contributed by atoms with E-state index in [-0.39, 0.29) is 12.5 Å². The number of aromatic nitrogens is 2. The number of methoxy groups -OCH3 is 1. The summed E-state index contributed by atoms with van der Waals surface area (Å²) in [6, 6.07) is 13.9. The Kier molecular flexibility index (Phi) is 10.3. The molecule has 3 aromatic rings. The van der Waals surface area contributed by atoms with Crippen molar-refractivity contribution in [1.29, 1.82) is 0 Å². The normalized spacial score (nSPS) is 17.0. The molecule has 0 saturated carbocycles. The number of halogens is 1. The van der Waals surface area contributed by atoms with Crippen LogP contribution in [0.15, 0.2) is 48.7 Å². The maximum absolute atomic E-state index is 11.7. The number of nitrogens with one attached hydrogen (secondary N) is 3. The summed E-state index contributed by atoms with van der Waals surface area (Å²) < 4.78 is 28.4. The van der Waals surface area contributed by atoms with Gasteiger partial charge in [-0.25, -0.2) is 13.9 Å². The molecule has 5 rings (SSSR count). The topological polar surface area (TPSA) is 135 Å². The van der Waals surface area contributed by atoms with Gasteiger partial charge < -0.3 is 25.2 Å². The first-order chi connectivity index (χ1) is 20.8. The number of hydrogen-bond acceptors (Lipinski definition) is 9. The number of carbonyl (C=O) groups is 1. The van der Waals surface area contributed by atoms with Crippen LogP contribution in [0, 0.1) is 0 Å². The van der Waals surface area contributed by atoms with Crippen molar-refractivity contribution in [1.82, 2.24) is 24.5 Å². The number of anilines is 5. The molecule has 1 unspecified atom stereocenters. The van der Waals surface area contributed by atoms with Gasteiger partial charge in [-0.2, -0.15) is 4.98 Å². The Morgan fingerprint density at radius 1 is 1.07 bits per heavy atom. The second-order valence-electron chi connectivity index (χ2n) is 10.5. The summed E-state index contributed by atoms with van der Waals surface area (Å²) in [5.41, 5.74) is 3.26. The van der Waals surface area contributed by atoms with E-state index in [0.29, 0.717) is 40.0 Å². The fourth-order valence-electron chi connectivity index (χ4n) is 5.57. The fourth-order valence-corrected chi connectivity index (χ4v) is 5.99. The molecule has 1 amide bonds. The number of benzene rings is 2. The van der Waals surface area contributed by atoms with Crippen molar-refractivity contribution in [2.75, 3.05) is 61.9 Å².